The second kappa shape index (κ2) is 14.0. The van der Waals surface area contributed by atoms with E-state index < -0.39 is 5.54 Å². The zero-order valence-corrected chi connectivity index (χ0v) is 24.4. The van der Waals surface area contributed by atoms with Gasteiger partial charge >= 0.3 is 0 Å². The Morgan fingerprint density at radius 2 is 1.95 bits per heavy atom. The summed E-state index contributed by atoms with van der Waals surface area (Å²) >= 11 is 0. The summed E-state index contributed by atoms with van der Waals surface area (Å²) in [5.41, 5.74) is 2.00. The molecular formula is C32H44N4O3. The van der Waals surface area contributed by atoms with Crippen LogP contribution < -0.4 is 15.0 Å². The van der Waals surface area contributed by atoms with Gasteiger partial charge in [-0.05, 0) is 70.2 Å². The molecule has 0 radical (unpaired) electrons. The molecule has 2 aliphatic rings. The molecule has 210 valence electrons. The molecule has 1 atom stereocenters. The third-order valence-corrected chi connectivity index (χ3v) is 7.42. The van der Waals surface area contributed by atoms with Crippen molar-refractivity contribution in [3.63, 3.8) is 0 Å². The number of nitrogens with one attached hydrogen (secondary N) is 1. The van der Waals surface area contributed by atoms with Gasteiger partial charge in [0.25, 0.3) is 5.91 Å². The summed E-state index contributed by atoms with van der Waals surface area (Å²) in [6.45, 7) is 9.96. The molecule has 2 fully saturated rings. The van der Waals surface area contributed by atoms with Crippen LogP contribution in [-0.4, -0.2) is 48.3 Å². The van der Waals surface area contributed by atoms with E-state index in [2.05, 4.69) is 24.4 Å². The first-order valence-electron chi connectivity index (χ1n) is 14.0. The third kappa shape index (κ3) is 7.28. The predicted molar refractivity (Wildman–Crippen MR) is 160 cm³/mol. The Bertz CT molecular complexity index is 1170. The largest absolute Gasteiger partial charge is 0.497 e. The summed E-state index contributed by atoms with van der Waals surface area (Å²) in [6, 6.07) is 7.42. The lowest BCUT2D eigenvalue weighted by Crippen LogP contribution is -2.68. The topological polar surface area (TPSA) is 74.2 Å². The Hall–Kier alpha value is -3.61. The first-order chi connectivity index (χ1) is 18.8. The number of hydrazone groups is 1. The quantitative estimate of drug-likeness (QED) is 0.230. The molecule has 1 heterocycles. The van der Waals surface area contributed by atoms with Gasteiger partial charge in [0.2, 0.25) is 5.91 Å². The first kappa shape index (κ1) is 29.9. The summed E-state index contributed by atoms with van der Waals surface area (Å²) in [7, 11) is 1.59. The smallest absolute Gasteiger partial charge is 0.277 e. The molecule has 0 aromatic heterocycles. The van der Waals surface area contributed by atoms with Crippen molar-refractivity contribution in [2.24, 2.45) is 5.10 Å². The van der Waals surface area contributed by atoms with Crippen molar-refractivity contribution in [3.8, 4) is 5.75 Å². The van der Waals surface area contributed by atoms with Crippen LogP contribution in [0.3, 0.4) is 0 Å². The second-order valence-electron chi connectivity index (χ2n) is 10.4. The lowest BCUT2D eigenvalue weighted by Gasteiger charge is -2.47. The molecule has 3 rings (SSSR count). The van der Waals surface area contributed by atoms with Crippen molar-refractivity contribution in [2.45, 2.75) is 84.7 Å². The van der Waals surface area contributed by atoms with Gasteiger partial charge in [0.15, 0.2) is 0 Å². The SMILES string of the molecule is C\C=C/C(=C\C=C(C)\C=N\N1CC(C)(C(=O)NC2CCCCC2)N(c2cccc(OC)c2)C(=O)/C1=C/C)CC. The number of hydrogen-bond donors (Lipinski definition) is 1. The molecule has 0 bridgehead atoms. The molecule has 1 unspecified atom stereocenters. The van der Waals surface area contributed by atoms with Crippen LogP contribution in [0.4, 0.5) is 5.69 Å². The van der Waals surface area contributed by atoms with Crippen LogP contribution in [0.25, 0.3) is 0 Å². The number of carbonyl (C=O) groups is 2. The van der Waals surface area contributed by atoms with E-state index in [0.29, 0.717) is 17.1 Å². The number of amides is 2. The van der Waals surface area contributed by atoms with E-state index in [1.165, 1.54) is 12.0 Å². The lowest BCUT2D eigenvalue weighted by molar-refractivity contribution is -0.133. The Kier molecular flexibility index (Phi) is 10.7. The minimum absolute atomic E-state index is 0.118. The molecule has 7 heteroatoms. The summed E-state index contributed by atoms with van der Waals surface area (Å²) in [4.78, 5) is 29.6. The number of rotatable bonds is 9. The predicted octanol–water partition coefficient (Wildman–Crippen LogP) is 6.30. The van der Waals surface area contributed by atoms with Crippen LogP contribution in [0.15, 0.2) is 76.6 Å². The molecule has 7 nitrogen and oxygen atoms in total. The highest BCUT2D eigenvalue weighted by atomic mass is 16.5. The summed E-state index contributed by atoms with van der Waals surface area (Å²) < 4.78 is 5.43. The highest BCUT2D eigenvalue weighted by molar-refractivity contribution is 6.12. The van der Waals surface area contributed by atoms with Gasteiger partial charge in [0, 0.05) is 17.8 Å². The third-order valence-electron chi connectivity index (χ3n) is 7.42. The molecule has 1 aliphatic heterocycles. The second-order valence-corrected chi connectivity index (χ2v) is 10.4. The number of carbonyl (C=O) groups excluding carboxylic acids is 2. The fourth-order valence-corrected chi connectivity index (χ4v) is 5.13. The van der Waals surface area contributed by atoms with Gasteiger partial charge in [-0.2, -0.15) is 5.10 Å². The fraction of sp³-hybridized carbons (Fsp3) is 0.469. The number of allylic oxidation sites excluding steroid dienone is 7. The zero-order chi connectivity index (χ0) is 28.4. The number of benzene rings is 1. The van der Waals surface area contributed by atoms with Crippen molar-refractivity contribution in [2.75, 3.05) is 18.6 Å². The maximum Gasteiger partial charge on any atom is 0.277 e. The minimum atomic E-state index is -1.19. The molecule has 1 saturated heterocycles. The van der Waals surface area contributed by atoms with Gasteiger partial charge in [0.05, 0.1) is 19.9 Å². The molecule has 1 aliphatic carbocycles. The molecule has 1 aromatic rings. The maximum absolute atomic E-state index is 14.0. The molecule has 1 aromatic carbocycles. The minimum Gasteiger partial charge on any atom is -0.497 e. The first-order valence-corrected chi connectivity index (χ1v) is 14.0. The summed E-state index contributed by atoms with van der Waals surface area (Å²) in [5, 5.41) is 9.61. The number of hydrogen-bond acceptors (Lipinski definition) is 5. The number of ether oxygens (including phenoxy) is 1. The Morgan fingerprint density at radius 1 is 1.21 bits per heavy atom. The van der Waals surface area contributed by atoms with Crippen LogP contribution in [0.1, 0.15) is 73.1 Å². The lowest BCUT2D eigenvalue weighted by atomic mass is 9.90. The van der Waals surface area contributed by atoms with Gasteiger partial charge in [0.1, 0.15) is 17.0 Å². The van der Waals surface area contributed by atoms with Crippen LogP contribution in [0.5, 0.6) is 5.75 Å². The van der Waals surface area contributed by atoms with E-state index in [0.717, 1.165) is 37.7 Å². The number of anilines is 1. The zero-order valence-electron chi connectivity index (χ0n) is 24.4. The standard InChI is InChI=1S/C32H44N4O3/c1-7-14-25(8-2)20-19-24(4)22-33-35-23-32(5,31(38)34-26-15-11-10-12-16-26)36(30(37)29(35)9-3)27-17-13-18-28(21-27)39-6/h7,9,13-14,17-22,26H,8,10-12,15-16,23H2,1-6H3,(H,34,38)/b14-7-,24-19+,25-20-,29-9-,33-22+. The van der Waals surface area contributed by atoms with Gasteiger partial charge < -0.3 is 10.1 Å². The van der Waals surface area contributed by atoms with Crippen LogP contribution >= 0.6 is 0 Å². The van der Waals surface area contributed by atoms with E-state index in [4.69, 9.17) is 9.84 Å². The number of methoxy groups -OCH3 is 1. The van der Waals surface area contributed by atoms with E-state index >= 15 is 0 Å². The van der Waals surface area contributed by atoms with Gasteiger partial charge in [-0.15, -0.1) is 0 Å². The fourth-order valence-electron chi connectivity index (χ4n) is 5.13. The van der Waals surface area contributed by atoms with Crippen LogP contribution in [0, 0.1) is 0 Å². The molecule has 0 spiro atoms. The Morgan fingerprint density at radius 3 is 2.59 bits per heavy atom. The van der Waals surface area contributed by atoms with E-state index in [1.54, 1.807) is 35.4 Å². The van der Waals surface area contributed by atoms with Crippen LogP contribution in [0.2, 0.25) is 0 Å². The van der Waals surface area contributed by atoms with Gasteiger partial charge in [-0.1, -0.05) is 62.6 Å². The monoisotopic (exact) mass is 532 g/mol. The highest BCUT2D eigenvalue weighted by Crippen LogP contribution is 2.35. The van der Waals surface area contributed by atoms with Crippen LogP contribution in [-0.2, 0) is 9.59 Å². The Labute approximate surface area is 234 Å². The molecule has 39 heavy (non-hydrogen) atoms. The molecule has 2 amide bonds. The Balaban J connectivity index is 1.99. The summed E-state index contributed by atoms with van der Waals surface area (Å²) in [5.74, 6) is 0.171. The average molecular weight is 533 g/mol. The maximum atomic E-state index is 14.0. The van der Waals surface area contributed by atoms with E-state index in [1.807, 2.05) is 58.0 Å². The van der Waals surface area contributed by atoms with Gasteiger partial charge in [-0.25, -0.2) is 0 Å². The van der Waals surface area contributed by atoms with E-state index in [-0.39, 0.29) is 24.4 Å². The van der Waals surface area contributed by atoms with Crippen molar-refractivity contribution >= 4 is 23.7 Å². The number of nitrogens with zero attached hydrogens (tertiary/aromatic N) is 3. The molecule has 1 saturated carbocycles. The van der Waals surface area contributed by atoms with Crippen molar-refractivity contribution in [1.29, 1.82) is 0 Å². The average Bonchev–Trinajstić information content (AvgIpc) is 2.94. The van der Waals surface area contributed by atoms with E-state index in [9.17, 15) is 9.59 Å². The number of piperazine rings is 1. The van der Waals surface area contributed by atoms with Crippen molar-refractivity contribution < 1.29 is 14.3 Å². The highest BCUT2D eigenvalue weighted by Gasteiger charge is 2.50. The molecular weight excluding hydrogens is 488 g/mol. The van der Waals surface area contributed by atoms with Gasteiger partial charge in [-0.3, -0.25) is 19.5 Å². The summed E-state index contributed by atoms with van der Waals surface area (Å²) in [6.07, 6.45) is 18.0. The molecule has 1 N–H and O–H groups in total. The van der Waals surface area contributed by atoms with Crippen molar-refractivity contribution in [3.05, 3.63) is 71.5 Å². The normalized spacial score (nSPS) is 22.8. The van der Waals surface area contributed by atoms with Crippen molar-refractivity contribution in [1.82, 2.24) is 10.3 Å².